The zero-order valence-corrected chi connectivity index (χ0v) is 19.4. The van der Waals surface area contributed by atoms with Gasteiger partial charge in [0.05, 0.1) is 6.54 Å². The largest absolute Gasteiger partial charge is 0.480 e. The monoisotopic (exact) mass is 486 g/mol. The summed E-state index contributed by atoms with van der Waals surface area (Å²) in [7, 11) is 0. The number of aliphatic carboxylic acids is 1. The molecule has 2 unspecified atom stereocenters. The molecule has 0 saturated carbocycles. The van der Waals surface area contributed by atoms with Crippen molar-refractivity contribution in [3.63, 3.8) is 0 Å². The first-order valence-corrected chi connectivity index (χ1v) is 11.7. The molecule has 0 aromatic heterocycles. The molecule has 1 aliphatic carbocycles. The molecule has 35 heavy (non-hydrogen) atoms. The van der Waals surface area contributed by atoms with E-state index >= 15 is 0 Å². The number of ether oxygens (including phenoxy) is 1. The van der Waals surface area contributed by atoms with Gasteiger partial charge >= 0.3 is 12.1 Å². The van der Waals surface area contributed by atoms with Crippen molar-refractivity contribution < 1.29 is 33.0 Å². The fourth-order valence-electron chi connectivity index (χ4n) is 5.01. The summed E-state index contributed by atoms with van der Waals surface area (Å²) in [4.78, 5) is 37.4. The first-order chi connectivity index (χ1) is 16.7. The second-order valence-corrected chi connectivity index (χ2v) is 9.10. The standard InChI is InChI=1S/C26H28F2N2O5/c1-2-7-16(12-23(31)30-15-26(27,28)13-22(30)24(32)33)29-25(34)35-14-21-19-10-5-3-8-17(19)18-9-4-6-11-20(18)21/h3-6,8-11,16,21-22H,2,7,12-15H2,1H3,(H,29,34)(H,32,33). The molecule has 9 heteroatoms. The van der Waals surface area contributed by atoms with E-state index in [9.17, 15) is 28.3 Å². The summed E-state index contributed by atoms with van der Waals surface area (Å²) in [6.45, 7) is 1.03. The summed E-state index contributed by atoms with van der Waals surface area (Å²) in [6.07, 6.45) is -0.859. The molecule has 2 aromatic rings. The highest BCUT2D eigenvalue weighted by Gasteiger charge is 2.50. The highest BCUT2D eigenvalue weighted by molar-refractivity contribution is 5.85. The van der Waals surface area contributed by atoms with Crippen LogP contribution in [0.15, 0.2) is 48.5 Å². The summed E-state index contributed by atoms with van der Waals surface area (Å²) < 4.78 is 33.1. The maximum atomic E-state index is 13.8. The number of carboxylic acid groups (broad SMARTS) is 1. The summed E-state index contributed by atoms with van der Waals surface area (Å²) >= 11 is 0. The SMILES string of the molecule is CCCC(CC(=O)N1CC(F)(F)CC1C(=O)O)NC(=O)OCC1c2ccccc2-c2ccccc21. The van der Waals surface area contributed by atoms with Crippen molar-refractivity contribution in [3.05, 3.63) is 59.7 Å². The van der Waals surface area contributed by atoms with E-state index in [4.69, 9.17) is 4.74 Å². The van der Waals surface area contributed by atoms with Crippen LogP contribution in [-0.4, -0.2) is 59.1 Å². The van der Waals surface area contributed by atoms with Crippen molar-refractivity contribution in [2.45, 2.75) is 56.5 Å². The van der Waals surface area contributed by atoms with E-state index in [1.165, 1.54) is 0 Å². The minimum Gasteiger partial charge on any atom is -0.480 e. The maximum Gasteiger partial charge on any atom is 0.407 e. The van der Waals surface area contributed by atoms with Crippen LogP contribution in [0, 0.1) is 0 Å². The van der Waals surface area contributed by atoms with Crippen LogP contribution in [0.1, 0.15) is 49.7 Å². The van der Waals surface area contributed by atoms with Crippen LogP contribution in [0.3, 0.4) is 0 Å². The Balaban J connectivity index is 1.38. The molecule has 0 bridgehead atoms. The molecule has 2 atom stereocenters. The van der Waals surface area contributed by atoms with Crippen LogP contribution in [-0.2, 0) is 14.3 Å². The molecule has 2 amide bonds. The molecule has 1 fully saturated rings. The molecule has 0 spiro atoms. The number of nitrogens with one attached hydrogen (secondary N) is 1. The summed E-state index contributed by atoms with van der Waals surface area (Å²) in [5.41, 5.74) is 4.33. The quantitative estimate of drug-likeness (QED) is 0.577. The van der Waals surface area contributed by atoms with Crippen molar-refractivity contribution in [1.82, 2.24) is 10.2 Å². The lowest BCUT2D eigenvalue weighted by molar-refractivity contribution is -0.148. The van der Waals surface area contributed by atoms with Crippen molar-refractivity contribution in [2.75, 3.05) is 13.2 Å². The summed E-state index contributed by atoms with van der Waals surface area (Å²) in [5.74, 6) is -5.57. The van der Waals surface area contributed by atoms with E-state index < -0.39 is 48.9 Å². The molecule has 1 saturated heterocycles. The molecule has 2 N–H and O–H groups in total. The zero-order valence-electron chi connectivity index (χ0n) is 19.4. The van der Waals surface area contributed by atoms with E-state index in [0.717, 1.165) is 22.3 Å². The topological polar surface area (TPSA) is 95.9 Å². The van der Waals surface area contributed by atoms with Crippen LogP contribution in [0.25, 0.3) is 11.1 Å². The first-order valence-electron chi connectivity index (χ1n) is 11.7. The molecule has 1 heterocycles. The number of rotatable bonds is 8. The highest BCUT2D eigenvalue weighted by atomic mass is 19.3. The molecule has 4 rings (SSSR count). The Hall–Kier alpha value is -3.49. The number of amides is 2. The van der Waals surface area contributed by atoms with Gasteiger partial charge in [-0.2, -0.15) is 0 Å². The molecule has 2 aliphatic rings. The third kappa shape index (κ3) is 5.28. The molecule has 0 radical (unpaired) electrons. The maximum absolute atomic E-state index is 13.8. The van der Waals surface area contributed by atoms with Gasteiger partial charge in [-0.1, -0.05) is 61.9 Å². The molecular weight excluding hydrogens is 458 g/mol. The molecule has 1 aliphatic heterocycles. The first kappa shape index (κ1) is 24.6. The van der Waals surface area contributed by atoms with Gasteiger partial charge in [0.2, 0.25) is 5.91 Å². The van der Waals surface area contributed by atoms with Gasteiger partial charge in [0.15, 0.2) is 0 Å². The van der Waals surface area contributed by atoms with Gasteiger partial charge in [-0.05, 0) is 28.7 Å². The molecule has 186 valence electrons. The lowest BCUT2D eigenvalue weighted by atomic mass is 9.98. The minimum absolute atomic E-state index is 0.103. The Bertz CT molecular complexity index is 1080. The van der Waals surface area contributed by atoms with Gasteiger partial charge in [0.1, 0.15) is 12.6 Å². The average molecular weight is 487 g/mol. The van der Waals surface area contributed by atoms with Crippen molar-refractivity contribution in [3.8, 4) is 11.1 Å². The van der Waals surface area contributed by atoms with Crippen molar-refractivity contribution in [2.24, 2.45) is 0 Å². The average Bonchev–Trinajstić information content (AvgIpc) is 3.32. The highest BCUT2D eigenvalue weighted by Crippen LogP contribution is 2.44. The van der Waals surface area contributed by atoms with E-state index in [1.807, 2.05) is 55.5 Å². The number of likely N-dealkylation sites (tertiary alicyclic amines) is 1. The van der Waals surface area contributed by atoms with Gasteiger partial charge in [0.25, 0.3) is 5.92 Å². The number of alkyl halides is 2. The van der Waals surface area contributed by atoms with Crippen LogP contribution >= 0.6 is 0 Å². The van der Waals surface area contributed by atoms with Crippen molar-refractivity contribution >= 4 is 18.0 Å². The van der Waals surface area contributed by atoms with Gasteiger partial charge in [-0.3, -0.25) is 4.79 Å². The number of benzene rings is 2. The molecular formula is C26H28F2N2O5. The molecule has 7 nitrogen and oxygen atoms in total. The van der Waals surface area contributed by atoms with Crippen LogP contribution < -0.4 is 5.32 Å². The lowest BCUT2D eigenvalue weighted by Crippen LogP contribution is -2.45. The van der Waals surface area contributed by atoms with Gasteiger partial charge in [0, 0.05) is 24.8 Å². The lowest BCUT2D eigenvalue weighted by Gasteiger charge is -2.24. The second-order valence-electron chi connectivity index (χ2n) is 9.10. The van der Waals surface area contributed by atoms with Crippen LogP contribution in [0.4, 0.5) is 13.6 Å². The Kier molecular flexibility index (Phi) is 7.05. The van der Waals surface area contributed by atoms with Crippen LogP contribution in [0.2, 0.25) is 0 Å². The molecule has 2 aromatic carbocycles. The third-order valence-corrected chi connectivity index (χ3v) is 6.60. The van der Waals surface area contributed by atoms with Crippen molar-refractivity contribution in [1.29, 1.82) is 0 Å². The Morgan fingerprint density at radius 2 is 1.71 bits per heavy atom. The van der Waals surface area contributed by atoms with Gasteiger partial charge in [-0.25, -0.2) is 18.4 Å². The zero-order chi connectivity index (χ0) is 25.2. The Morgan fingerprint density at radius 3 is 2.29 bits per heavy atom. The number of halogens is 2. The number of hydrogen-bond acceptors (Lipinski definition) is 4. The Labute approximate surface area is 202 Å². The number of nitrogens with zero attached hydrogens (tertiary/aromatic N) is 1. The number of hydrogen-bond donors (Lipinski definition) is 2. The number of carboxylic acids is 1. The smallest absolute Gasteiger partial charge is 0.407 e. The van der Waals surface area contributed by atoms with Gasteiger partial charge in [-0.15, -0.1) is 0 Å². The Morgan fingerprint density at radius 1 is 1.11 bits per heavy atom. The second kappa shape index (κ2) is 10.0. The number of carbonyl (C=O) groups excluding carboxylic acids is 2. The van der Waals surface area contributed by atoms with Crippen LogP contribution in [0.5, 0.6) is 0 Å². The number of alkyl carbamates (subject to hydrolysis) is 1. The van der Waals surface area contributed by atoms with E-state index in [2.05, 4.69) is 5.32 Å². The van der Waals surface area contributed by atoms with E-state index in [-0.39, 0.29) is 18.9 Å². The summed E-state index contributed by atoms with van der Waals surface area (Å²) in [5, 5.41) is 11.9. The third-order valence-electron chi connectivity index (χ3n) is 6.60. The predicted octanol–water partition coefficient (Wildman–Crippen LogP) is 4.40. The normalized spacial score (nSPS) is 19.1. The van der Waals surface area contributed by atoms with Gasteiger partial charge < -0.3 is 20.1 Å². The predicted molar refractivity (Wildman–Crippen MR) is 124 cm³/mol. The minimum atomic E-state index is -3.25. The van der Waals surface area contributed by atoms with E-state index in [1.54, 1.807) is 0 Å². The number of carbonyl (C=O) groups is 3. The fourth-order valence-corrected chi connectivity index (χ4v) is 5.01. The van der Waals surface area contributed by atoms with E-state index in [0.29, 0.717) is 17.7 Å². The number of fused-ring (bicyclic) bond motifs is 3. The fraction of sp³-hybridized carbons (Fsp3) is 0.423. The summed E-state index contributed by atoms with van der Waals surface area (Å²) in [6, 6.07) is 13.6.